The van der Waals surface area contributed by atoms with Crippen LogP contribution in [0.4, 0.5) is 10.5 Å². The van der Waals surface area contributed by atoms with E-state index in [1.807, 2.05) is 0 Å². The summed E-state index contributed by atoms with van der Waals surface area (Å²) in [5, 5.41) is 2.75. The molecule has 1 heterocycles. The number of ether oxygens (including phenoxy) is 1. The van der Waals surface area contributed by atoms with Crippen LogP contribution in [0.15, 0.2) is 29.2 Å². The Hall–Kier alpha value is -2.17. The number of carbonyl (C=O) groups excluding carboxylic acids is 2. The van der Waals surface area contributed by atoms with E-state index >= 15 is 0 Å². The van der Waals surface area contributed by atoms with E-state index in [0.29, 0.717) is 38.5 Å². The molecule has 0 aliphatic carbocycles. The molecule has 1 aliphatic rings. The molecule has 0 bridgehead atoms. The molecule has 1 fully saturated rings. The maximum absolute atomic E-state index is 12.3. The molecule has 0 radical (unpaired) electrons. The molecule has 10 heteroatoms. The third kappa shape index (κ3) is 5.65. The van der Waals surface area contributed by atoms with Crippen molar-refractivity contribution in [3.63, 3.8) is 0 Å². The zero-order valence-corrected chi connectivity index (χ0v) is 16.7. The highest BCUT2D eigenvalue weighted by molar-refractivity contribution is 7.89. The molecule has 0 spiro atoms. The molecule has 9 nitrogen and oxygen atoms in total. The van der Waals surface area contributed by atoms with E-state index in [-0.39, 0.29) is 23.4 Å². The van der Waals surface area contributed by atoms with Crippen LogP contribution < -0.4 is 10.2 Å². The Balaban J connectivity index is 1.89. The zero-order valence-electron chi connectivity index (χ0n) is 15.9. The fourth-order valence-corrected chi connectivity index (χ4v) is 3.72. The van der Waals surface area contributed by atoms with Gasteiger partial charge >= 0.3 is 6.09 Å². The molecular formula is C17H27N4O5S+. The molecule has 2 N–H and O–H groups in total. The molecule has 0 unspecified atom stereocenters. The van der Waals surface area contributed by atoms with E-state index in [9.17, 15) is 18.0 Å². The van der Waals surface area contributed by atoms with Crippen molar-refractivity contribution >= 4 is 27.7 Å². The lowest BCUT2D eigenvalue weighted by atomic mass is 10.3. The van der Waals surface area contributed by atoms with Crippen molar-refractivity contribution in [3.8, 4) is 0 Å². The Morgan fingerprint density at radius 2 is 1.93 bits per heavy atom. The van der Waals surface area contributed by atoms with Gasteiger partial charge in [-0.2, -0.15) is 0 Å². The summed E-state index contributed by atoms with van der Waals surface area (Å²) in [6, 6.07) is 6.18. The zero-order chi connectivity index (χ0) is 20.0. The summed E-state index contributed by atoms with van der Waals surface area (Å²) in [6.45, 7) is 4.75. The van der Waals surface area contributed by atoms with E-state index in [2.05, 4.69) is 5.32 Å². The Kier molecular flexibility index (Phi) is 7.17. The van der Waals surface area contributed by atoms with Crippen molar-refractivity contribution in [1.29, 1.82) is 0 Å². The molecule has 1 aromatic rings. The van der Waals surface area contributed by atoms with E-state index in [1.165, 1.54) is 26.2 Å². The SMILES string of the molecule is CCOC(=O)N1CC[NH+](CC(=O)Nc2cccc(S(=O)(=O)N(C)C)c2)CC1. The highest BCUT2D eigenvalue weighted by atomic mass is 32.2. The summed E-state index contributed by atoms with van der Waals surface area (Å²) in [6.07, 6.45) is -0.320. The minimum absolute atomic E-state index is 0.126. The quantitative estimate of drug-likeness (QED) is 0.655. The van der Waals surface area contributed by atoms with Gasteiger partial charge in [0.15, 0.2) is 6.54 Å². The first kappa shape index (κ1) is 21.1. The number of hydrogen-bond donors (Lipinski definition) is 2. The van der Waals surface area contributed by atoms with Crippen LogP contribution in [0.3, 0.4) is 0 Å². The molecule has 150 valence electrons. The first-order valence-electron chi connectivity index (χ1n) is 8.81. The van der Waals surface area contributed by atoms with Gasteiger partial charge in [-0.25, -0.2) is 17.5 Å². The van der Waals surface area contributed by atoms with Gasteiger partial charge in [0, 0.05) is 19.8 Å². The van der Waals surface area contributed by atoms with Gasteiger partial charge < -0.3 is 15.0 Å². The monoisotopic (exact) mass is 399 g/mol. The molecule has 0 atom stereocenters. The maximum Gasteiger partial charge on any atom is 0.410 e. The molecule has 2 rings (SSSR count). The van der Waals surface area contributed by atoms with Gasteiger partial charge in [0.2, 0.25) is 10.0 Å². The van der Waals surface area contributed by atoms with Gasteiger partial charge in [-0.1, -0.05) is 6.07 Å². The molecule has 1 saturated heterocycles. The number of sulfonamides is 1. The Morgan fingerprint density at radius 1 is 1.26 bits per heavy atom. The Labute approximate surface area is 159 Å². The molecule has 2 amide bonds. The summed E-state index contributed by atoms with van der Waals surface area (Å²) >= 11 is 0. The lowest BCUT2D eigenvalue weighted by molar-refractivity contribution is -0.895. The molecule has 1 aliphatic heterocycles. The lowest BCUT2D eigenvalue weighted by Gasteiger charge is -2.31. The van der Waals surface area contributed by atoms with Gasteiger partial charge in [-0.15, -0.1) is 0 Å². The van der Waals surface area contributed by atoms with Gasteiger partial charge in [0.05, 0.1) is 37.7 Å². The van der Waals surface area contributed by atoms with Crippen LogP contribution in [0.5, 0.6) is 0 Å². The second kappa shape index (κ2) is 9.16. The number of rotatable bonds is 6. The van der Waals surface area contributed by atoms with Crippen molar-refractivity contribution in [2.75, 3.05) is 58.7 Å². The van der Waals surface area contributed by atoms with Gasteiger partial charge in [0.25, 0.3) is 5.91 Å². The average molecular weight is 399 g/mol. The number of amides is 2. The van der Waals surface area contributed by atoms with Crippen LogP contribution in [0.1, 0.15) is 6.92 Å². The normalized spacial score (nSPS) is 15.6. The average Bonchev–Trinajstić information content (AvgIpc) is 2.62. The largest absolute Gasteiger partial charge is 0.450 e. The van der Waals surface area contributed by atoms with Gasteiger partial charge in [-0.3, -0.25) is 9.69 Å². The van der Waals surface area contributed by atoms with Crippen molar-refractivity contribution in [2.24, 2.45) is 0 Å². The predicted molar refractivity (Wildman–Crippen MR) is 100 cm³/mol. The van der Waals surface area contributed by atoms with E-state index < -0.39 is 10.0 Å². The number of benzene rings is 1. The number of carbonyl (C=O) groups is 2. The summed E-state index contributed by atoms with van der Waals surface area (Å²) in [5.74, 6) is -0.200. The van der Waals surface area contributed by atoms with E-state index in [4.69, 9.17) is 4.74 Å². The molecule has 27 heavy (non-hydrogen) atoms. The van der Waals surface area contributed by atoms with Gasteiger partial charge in [-0.05, 0) is 25.1 Å². The Bertz CT molecular complexity index is 773. The second-order valence-electron chi connectivity index (χ2n) is 6.48. The topological polar surface area (TPSA) is 100 Å². The summed E-state index contributed by atoms with van der Waals surface area (Å²) in [5.41, 5.74) is 0.437. The maximum atomic E-state index is 12.3. The van der Waals surface area contributed by atoms with E-state index in [0.717, 1.165) is 9.21 Å². The smallest absolute Gasteiger partial charge is 0.410 e. The van der Waals surface area contributed by atoms with E-state index in [1.54, 1.807) is 24.0 Å². The number of nitrogens with one attached hydrogen (secondary N) is 2. The van der Waals surface area contributed by atoms with Crippen LogP contribution in [0.2, 0.25) is 0 Å². The third-order valence-corrected chi connectivity index (χ3v) is 6.11. The summed E-state index contributed by atoms with van der Waals surface area (Å²) in [4.78, 5) is 26.8. The number of quaternary nitrogens is 1. The lowest BCUT2D eigenvalue weighted by Crippen LogP contribution is -3.15. The fraction of sp³-hybridized carbons (Fsp3) is 0.529. The standard InChI is InChI=1S/C17H26N4O5S/c1-4-26-17(23)21-10-8-20(9-11-21)13-16(22)18-14-6-5-7-15(12-14)27(24,25)19(2)3/h5-7,12H,4,8-11,13H2,1-3H3,(H,18,22)/p+1. The molecular weight excluding hydrogens is 372 g/mol. The van der Waals surface area contributed by atoms with Crippen LogP contribution in [-0.2, 0) is 19.6 Å². The first-order chi connectivity index (χ1) is 12.7. The summed E-state index contributed by atoms with van der Waals surface area (Å²) in [7, 11) is -0.638. The Morgan fingerprint density at radius 3 is 2.52 bits per heavy atom. The van der Waals surface area contributed by atoms with Crippen LogP contribution in [0, 0.1) is 0 Å². The molecule has 1 aromatic carbocycles. The fourth-order valence-electron chi connectivity index (χ4n) is 2.77. The van der Waals surface area contributed by atoms with Crippen molar-refractivity contribution in [1.82, 2.24) is 9.21 Å². The van der Waals surface area contributed by atoms with Crippen molar-refractivity contribution in [3.05, 3.63) is 24.3 Å². The summed E-state index contributed by atoms with van der Waals surface area (Å²) < 4.78 is 30.5. The third-order valence-electron chi connectivity index (χ3n) is 4.30. The first-order valence-corrected chi connectivity index (χ1v) is 10.3. The number of hydrogen-bond acceptors (Lipinski definition) is 5. The predicted octanol–water partition coefficient (Wildman–Crippen LogP) is -0.768. The number of nitrogens with zero attached hydrogens (tertiary/aromatic N) is 2. The molecule has 0 aromatic heterocycles. The van der Waals surface area contributed by atoms with Crippen LogP contribution >= 0.6 is 0 Å². The van der Waals surface area contributed by atoms with Crippen LogP contribution in [-0.4, -0.2) is 83.0 Å². The second-order valence-corrected chi connectivity index (χ2v) is 8.63. The van der Waals surface area contributed by atoms with Gasteiger partial charge in [0.1, 0.15) is 0 Å². The van der Waals surface area contributed by atoms with Crippen LogP contribution in [0.25, 0.3) is 0 Å². The highest BCUT2D eigenvalue weighted by Crippen LogP contribution is 2.17. The number of piperazine rings is 1. The minimum atomic E-state index is -3.55. The minimum Gasteiger partial charge on any atom is -0.450 e. The number of anilines is 1. The van der Waals surface area contributed by atoms with Crippen molar-refractivity contribution < 1.29 is 27.6 Å². The molecule has 0 saturated carbocycles. The highest BCUT2D eigenvalue weighted by Gasteiger charge is 2.26. The van der Waals surface area contributed by atoms with Crippen molar-refractivity contribution in [2.45, 2.75) is 11.8 Å².